The Kier molecular flexibility index (Phi) is 3.22. The van der Waals surface area contributed by atoms with Crippen LogP contribution in [-0.4, -0.2) is 4.98 Å². The van der Waals surface area contributed by atoms with Crippen molar-refractivity contribution in [2.45, 2.75) is 20.0 Å². The first-order chi connectivity index (χ1) is 7.75. The summed E-state index contributed by atoms with van der Waals surface area (Å²) in [5.74, 6) is 0.864. The number of furan rings is 1. The molecule has 0 spiro atoms. The van der Waals surface area contributed by atoms with Gasteiger partial charge in [0, 0.05) is 30.1 Å². The molecule has 2 rings (SSSR count). The van der Waals surface area contributed by atoms with Crippen LogP contribution >= 0.6 is 0 Å². The van der Waals surface area contributed by atoms with Crippen molar-refractivity contribution in [3.8, 4) is 0 Å². The second-order valence-corrected chi connectivity index (χ2v) is 3.69. The summed E-state index contributed by atoms with van der Waals surface area (Å²) in [5.41, 5.74) is 1.67. The van der Waals surface area contributed by atoms with Gasteiger partial charge in [-0.25, -0.2) is 0 Å². The maximum absolute atomic E-state index is 11.5. The second-order valence-electron chi connectivity index (χ2n) is 3.69. The minimum atomic E-state index is 0.0585. The Balaban J connectivity index is 1.92. The Bertz CT molecular complexity index is 500. The van der Waals surface area contributed by atoms with Gasteiger partial charge >= 0.3 is 0 Å². The van der Waals surface area contributed by atoms with Gasteiger partial charge in [-0.05, 0) is 19.1 Å². The number of pyridine rings is 1. The summed E-state index contributed by atoms with van der Waals surface area (Å²) in [7, 11) is 0. The van der Waals surface area contributed by atoms with E-state index >= 15 is 0 Å². The molecule has 0 aromatic carbocycles. The molecule has 0 fully saturated rings. The molecule has 2 heterocycles. The van der Waals surface area contributed by atoms with Gasteiger partial charge in [0.15, 0.2) is 5.43 Å². The molecule has 2 N–H and O–H groups in total. The number of aryl methyl sites for hydroxylation is 1. The second kappa shape index (κ2) is 4.81. The lowest BCUT2D eigenvalue weighted by Gasteiger charge is -2.02. The van der Waals surface area contributed by atoms with Crippen LogP contribution in [0.2, 0.25) is 0 Å². The maximum atomic E-state index is 11.5. The van der Waals surface area contributed by atoms with Crippen LogP contribution in [0.1, 0.15) is 17.0 Å². The van der Waals surface area contributed by atoms with E-state index in [4.69, 9.17) is 4.42 Å². The summed E-state index contributed by atoms with van der Waals surface area (Å²) < 4.78 is 5.17. The topological polar surface area (TPSA) is 58.0 Å². The molecule has 0 saturated carbocycles. The molecule has 16 heavy (non-hydrogen) atoms. The van der Waals surface area contributed by atoms with E-state index in [2.05, 4.69) is 10.3 Å². The zero-order chi connectivity index (χ0) is 11.4. The van der Waals surface area contributed by atoms with E-state index in [1.807, 2.05) is 19.1 Å². The first-order valence-electron chi connectivity index (χ1n) is 5.17. The normalized spacial score (nSPS) is 10.6. The SMILES string of the molecule is Cc1cc(=O)c(CNCc2ccco2)c[nH]1. The summed E-state index contributed by atoms with van der Waals surface area (Å²) in [4.78, 5) is 14.6. The van der Waals surface area contributed by atoms with Crippen LogP contribution < -0.4 is 10.7 Å². The number of hydrogen-bond donors (Lipinski definition) is 2. The molecular weight excluding hydrogens is 204 g/mol. The summed E-state index contributed by atoms with van der Waals surface area (Å²) in [6, 6.07) is 5.34. The van der Waals surface area contributed by atoms with E-state index < -0.39 is 0 Å². The van der Waals surface area contributed by atoms with Crippen molar-refractivity contribution in [3.63, 3.8) is 0 Å². The molecule has 2 aromatic heterocycles. The number of aromatic nitrogens is 1. The van der Waals surface area contributed by atoms with Gasteiger partial charge in [-0.2, -0.15) is 0 Å². The third-order valence-corrected chi connectivity index (χ3v) is 2.33. The van der Waals surface area contributed by atoms with Gasteiger partial charge in [0.1, 0.15) is 5.76 Å². The molecule has 0 radical (unpaired) electrons. The predicted molar refractivity (Wildman–Crippen MR) is 61.1 cm³/mol. The zero-order valence-corrected chi connectivity index (χ0v) is 9.12. The molecule has 0 aliphatic carbocycles. The fraction of sp³-hybridized carbons (Fsp3) is 0.250. The minimum Gasteiger partial charge on any atom is -0.468 e. The summed E-state index contributed by atoms with van der Waals surface area (Å²) >= 11 is 0. The molecule has 0 bridgehead atoms. The molecule has 0 saturated heterocycles. The van der Waals surface area contributed by atoms with Gasteiger partial charge in [-0.3, -0.25) is 4.79 Å². The standard InChI is InChI=1S/C12H14N2O2/c1-9-5-12(15)10(7-14-9)6-13-8-11-3-2-4-16-11/h2-5,7,13H,6,8H2,1H3,(H,14,15). The Morgan fingerprint density at radius 3 is 3.00 bits per heavy atom. The Hall–Kier alpha value is -1.81. The molecule has 0 amide bonds. The van der Waals surface area contributed by atoms with Crippen LogP contribution in [0.3, 0.4) is 0 Å². The molecule has 0 unspecified atom stereocenters. The van der Waals surface area contributed by atoms with Gasteiger partial charge in [-0.1, -0.05) is 0 Å². The van der Waals surface area contributed by atoms with Crippen molar-refractivity contribution in [3.05, 3.63) is 57.9 Å². The number of hydrogen-bond acceptors (Lipinski definition) is 3. The highest BCUT2D eigenvalue weighted by molar-refractivity contribution is 5.13. The van der Waals surface area contributed by atoms with Crippen molar-refractivity contribution in [2.75, 3.05) is 0 Å². The fourth-order valence-corrected chi connectivity index (χ4v) is 1.47. The zero-order valence-electron chi connectivity index (χ0n) is 9.12. The van der Waals surface area contributed by atoms with E-state index in [9.17, 15) is 4.79 Å². The molecule has 4 nitrogen and oxygen atoms in total. The van der Waals surface area contributed by atoms with Crippen molar-refractivity contribution in [2.24, 2.45) is 0 Å². The van der Waals surface area contributed by atoms with Gasteiger partial charge in [-0.15, -0.1) is 0 Å². The Morgan fingerprint density at radius 2 is 2.31 bits per heavy atom. The lowest BCUT2D eigenvalue weighted by Crippen LogP contribution is -2.19. The third-order valence-electron chi connectivity index (χ3n) is 2.33. The van der Waals surface area contributed by atoms with Crippen LogP contribution in [0.25, 0.3) is 0 Å². The summed E-state index contributed by atoms with van der Waals surface area (Å²) in [6.07, 6.45) is 3.38. The number of H-pyrrole nitrogens is 1. The molecule has 84 valence electrons. The van der Waals surface area contributed by atoms with Crippen LogP contribution in [0.4, 0.5) is 0 Å². The summed E-state index contributed by atoms with van der Waals surface area (Å²) in [5, 5.41) is 3.15. The minimum absolute atomic E-state index is 0.0585. The number of aromatic amines is 1. The summed E-state index contributed by atoms with van der Waals surface area (Å²) in [6.45, 7) is 3.03. The lowest BCUT2D eigenvalue weighted by molar-refractivity contribution is 0.482. The van der Waals surface area contributed by atoms with Crippen molar-refractivity contribution < 1.29 is 4.42 Å². The van der Waals surface area contributed by atoms with Gasteiger partial charge < -0.3 is 14.7 Å². The molecule has 0 aliphatic rings. The number of nitrogens with one attached hydrogen (secondary N) is 2. The van der Waals surface area contributed by atoms with Crippen LogP contribution in [0.15, 0.2) is 39.9 Å². The predicted octanol–water partition coefficient (Wildman–Crippen LogP) is 1.57. The maximum Gasteiger partial charge on any atom is 0.186 e. The van der Waals surface area contributed by atoms with Gasteiger partial charge in [0.05, 0.1) is 12.8 Å². The smallest absolute Gasteiger partial charge is 0.186 e. The average Bonchev–Trinajstić information content (AvgIpc) is 2.74. The van der Waals surface area contributed by atoms with Crippen molar-refractivity contribution >= 4 is 0 Å². The quantitative estimate of drug-likeness (QED) is 0.818. The molecular formula is C12H14N2O2. The van der Waals surface area contributed by atoms with E-state index in [0.29, 0.717) is 13.1 Å². The Morgan fingerprint density at radius 1 is 1.44 bits per heavy atom. The van der Waals surface area contributed by atoms with Crippen LogP contribution in [0.5, 0.6) is 0 Å². The van der Waals surface area contributed by atoms with E-state index in [0.717, 1.165) is 17.0 Å². The highest BCUT2D eigenvalue weighted by Gasteiger charge is 2.00. The van der Waals surface area contributed by atoms with E-state index in [1.54, 1.807) is 18.5 Å². The first kappa shape index (κ1) is 10.7. The van der Waals surface area contributed by atoms with Gasteiger partial charge in [0.2, 0.25) is 0 Å². The fourth-order valence-electron chi connectivity index (χ4n) is 1.47. The van der Waals surface area contributed by atoms with Gasteiger partial charge in [0.25, 0.3) is 0 Å². The van der Waals surface area contributed by atoms with Crippen LogP contribution in [-0.2, 0) is 13.1 Å². The van der Waals surface area contributed by atoms with E-state index in [1.165, 1.54) is 0 Å². The molecule has 0 aliphatic heterocycles. The monoisotopic (exact) mass is 218 g/mol. The van der Waals surface area contributed by atoms with Crippen molar-refractivity contribution in [1.29, 1.82) is 0 Å². The average molecular weight is 218 g/mol. The number of rotatable bonds is 4. The highest BCUT2D eigenvalue weighted by atomic mass is 16.3. The van der Waals surface area contributed by atoms with Crippen LogP contribution in [0, 0.1) is 6.92 Å². The third kappa shape index (κ3) is 2.61. The lowest BCUT2D eigenvalue weighted by atomic mass is 10.2. The molecule has 0 atom stereocenters. The largest absolute Gasteiger partial charge is 0.468 e. The molecule has 4 heteroatoms. The highest BCUT2D eigenvalue weighted by Crippen LogP contribution is 1.99. The van der Waals surface area contributed by atoms with E-state index in [-0.39, 0.29) is 5.43 Å². The Labute approximate surface area is 93.3 Å². The van der Waals surface area contributed by atoms with Crippen molar-refractivity contribution in [1.82, 2.24) is 10.3 Å². The molecule has 2 aromatic rings. The first-order valence-corrected chi connectivity index (χ1v) is 5.17.